The molecule has 0 aliphatic carbocycles. The lowest BCUT2D eigenvalue weighted by molar-refractivity contribution is 0.0981. The molecule has 0 radical (unpaired) electrons. The first-order chi connectivity index (χ1) is 5.34. The summed E-state index contributed by atoms with van der Waals surface area (Å²) in [5, 5.41) is 7.20. The molecule has 0 amide bonds. The molecule has 1 aromatic heterocycles. The molecule has 0 bridgehead atoms. The molecule has 1 heterocycles. The van der Waals surface area contributed by atoms with Gasteiger partial charge in [0.15, 0.2) is 5.78 Å². The summed E-state index contributed by atoms with van der Waals surface area (Å²) >= 11 is 0. The Labute approximate surface area is 65.5 Å². The number of carbonyl (C=O) groups excluding carboxylic acids is 1. The van der Waals surface area contributed by atoms with Gasteiger partial charge in [-0.05, 0) is 12.5 Å². The zero-order valence-electron chi connectivity index (χ0n) is 6.45. The van der Waals surface area contributed by atoms with E-state index in [1.165, 1.54) is 12.4 Å². The molecular formula is C8H10N2O. The quantitative estimate of drug-likeness (QED) is 0.612. The van der Waals surface area contributed by atoms with Gasteiger partial charge in [-0.1, -0.05) is 6.92 Å². The molecule has 1 rings (SSSR count). The number of Topliss-reactive ketones (excluding diaryl/α,β-unsaturated/α-hetero) is 1. The Kier molecular flexibility index (Phi) is 2.72. The van der Waals surface area contributed by atoms with Crippen LogP contribution in [-0.2, 0) is 0 Å². The number of aromatic nitrogens is 2. The summed E-state index contributed by atoms with van der Waals surface area (Å²) in [6, 6.07) is 1.69. The fourth-order valence-electron chi connectivity index (χ4n) is 0.827. The predicted molar refractivity (Wildman–Crippen MR) is 41.3 cm³/mol. The normalized spacial score (nSPS) is 9.55. The lowest BCUT2D eigenvalue weighted by Gasteiger charge is -1.94. The molecule has 0 fully saturated rings. The van der Waals surface area contributed by atoms with Crippen LogP contribution in [0.3, 0.4) is 0 Å². The van der Waals surface area contributed by atoms with Crippen molar-refractivity contribution in [3.8, 4) is 0 Å². The van der Waals surface area contributed by atoms with Crippen molar-refractivity contribution < 1.29 is 4.79 Å². The highest BCUT2D eigenvalue weighted by molar-refractivity contribution is 5.95. The molecule has 0 aromatic carbocycles. The van der Waals surface area contributed by atoms with Crippen LogP contribution in [-0.4, -0.2) is 16.0 Å². The molecule has 0 N–H and O–H groups in total. The maximum atomic E-state index is 11.2. The molecule has 3 nitrogen and oxygen atoms in total. The zero-order chi connectivity index (χ0) is 8.10. The van der Waals surface area contributed by atoms with E-state index in [9.17, 15) is 4.79 Å². The van der Waals surface area contributed by atoms with Gasteiger partial charge in [0.1, 0.15) is 0 Å². The summed E-state index contributed by atoms with van der Waals surface area (Å²) < 4.78 is 0. The second-order valence-corrected chi connectivity index (χ2v) is 2.30. The van der Waals surface area contributed by atoms with Crippen LogP contribution in [0.2, 0.25) is 0 Å². The van der Waals surface area contributed by atoms with Crippen LogP contribution in [0.5, 0.6) is 0 Å². The van der Waals surface area contributed by atoms with Gasteiger partial charge >= 0.3 is 0 Å². The Balaban J connectivity index is 2.69. The molecular weight excluding hydrogens is 140 g/mol. The minimum absolute atomic E-state index is 0.141. The molecule has 0 aliphatic rings. The lowest BCUT2D eigenvalue weighted by atomic mass is 10.1. The van der Waals surface area contributed by atoms with Crippen LogP contribution < -0.4 is 0 Å². The molecule has 0 unspecified atom stereocenters. The number of hydrogen-bond donors (Lipinski definition) is 0. The third-order valence-electron chi connectivity index (χ3n) is 1.38. The van der Waals surface area contributed by atoms with Gasteiger partial charge < -0.3 is 0 Å². The first kappa shape index (κ1) is 7.85. The van der Waals surface area contributed by atoms with E-state index in [1.807, 2.05) is 6.92 Å². The fraction of sp³-hybridized carbons (Fsp3) is 0.375. The van der Waals surface area contributed by atoms with E-state index in [4.69, 9.17) is 0 Å². The van der Waals surface area contributed by atoms with Crippen molar-refractivity contribution >= 4 is 5.78 Å². The van der Waals surface area contributed by atoms with Crippen molar-refractivity contribution in [3.05, 3.63) is 24.0 Å². The van der Waals surface area contributed by atoms with Crippen LogP contribution in [0.15, 0.2) is 18.5 Å². The third kappa shape index (κ3) is 2.11. The number of hydrogen-bond acceptors (Lipinski definition) is 3. The Morgan fingerprint density at radius 2 is 2.36 bits per heavy atom. The van der Waals surface area contributed by atoms with Crippen LogP contribution in [0.25, 0.3) is 0 Å². The first-order valence-electron chi connectivity index (χ1n) is 3.64. The van der Waals surface area contributed by atoms with Gasteiger partial charge in [0.05, 0.1) is 12.4 Å². The summed E-state index contributed by atoms with van der Waals surface area (Å²) in [5.41, 5.74) is 0.654. The third-order valence-corrected chi connectivity index (χ3v) is 1.38. The molecule has 0 atom stereocenters. The van der Waals surface area contributed by atoms with Crippen molar-refractivity contribution in [1.82, 2.24) is 10.2 Å². The standard InChI is InChI=1S/C8H10N2O/c1-2-3-8(11)7-4-5-9-10-6-7/h4-6H,2-3H2,1H3. The van der Waals surface area contributed by atoms with E-state index in [-0.39, 0.29) is 5.78 Å². The van der Waals surface area contributed by atoms with Crippen molar-refractivity contribution in [2.45, 2.75) is 19.8 Å². The average Bonchev–Trinajstić information content (AvgIpc) is 2.07. The molecule has 1 aromatic rings. The van der Waals surface area contributed by atoms with Gasteiger partial charge in [-0.3, -0.25) is 4.79 Å². The van der Waals surface area contributed by atoms with Gasteiger partial charge in [-0.25, -0.2) is 0 Å². The van der Waals surface area contributed by atoms with Gasteiger partial charge in [-0.2, -0.15) is 10.2 Å². The van der Waals surface area contributed by atoms with E-state index in [2.05, 4.69) is 10.2 Å². The smallest absolute Gasteiger partial charge is 0.164 e. The molecule has 0 spiro atoms. The monoisotopic (exact) mass is 150 g/mol. The predicted octanol–water partition coefficient (Wildman–Crippen LogP) is 1.46. The maximum Gasteiger partial charge on any atom is 0.164 e. The second-order valence-electron chi connectivity index (χ2n) is 2.30. The molecule has 3 heteroatoms. The highest BCUT2D eigenvalue weighted by Gasteiger charge is 2.02. The van der Waals surface area contributed by atoms with E-state index >= 15 is 0 Å². The second kappa shape index (κ2) is 3.81. The average molecular weight is 150 g/mol. The number of nitrogens with zero attached hydrogens (tertiary/aromatic N) is 2. The van der Waals surface area contributed by atoms with Crippen molar-refractivity contribution in [2.24, 2.45) is 0 Å². The number of ketones is 1. The molecule has 0 aliphatic heterocycles. The van der Waals surface area contributed by atoms with E-state index in [0.717, 1.165) is 6.42 Å². The van der Waals surface area contributed by atoms with Crippen LogP contribution in [0.1, 0.15) is 30.1 Å². The minimum Gasteiger partial charge on any atom is -0.294 e. The van der Waals surface area contributed by atoms with Crippen LogP contribution >= 0.6 is 0 Å². The van der Waals surface area contributed by atoms with Gasteiger partial charge in [0.2, 0.25) is 0 Å². The zero-order valence-corrected chi connectivity index (χ0v) is 6.45. The van der Waals surface area contributed by atoms with Crippen molar-refractivity contribution in [1.29, 1.82) is 0 Å². The number of rotatable bonds is 3. The van der Waals surface area contributed by atoms with Crippen molar-refractivity contribution in [2.75, 3.05) is 0 Å². The summed E-state index contributed by atoms with van der Waals surface area (Å²) in [6.07, 6.45) is 4.49. The first-order valence-corrected chi connectivity index (χ1v) is 3.64. The fourth-order valence-corrected chi connectivity index (χ4v) is 0.827. The molecule has 0 saturated heterocycles. The highest BCUT2D eigenvalue weighted by atomic mass is 16.1. The summed E-state index contributed by atoms with van der Waals surface area (Å²) in [4.78, 5) is 11.2. The minimum atomic E-state index is 0.141. The lowest BCUT2D eigenvalue weighted by Crippen LogP contribution is -1.98. The maximum absolute atomic E-state index is 11.2. The largest absolute Gasteiger partial charge is 0.294 e. The van der Waals surface area contributed by atoms with Crippen molar-refractivity contribution in [3.63, 3.8) is 0 Å². The summed E-state index contributed by atoms with van der Waals surface area (Å²) in [7, 11) is 0. The number of carbonyl (C=O) groups is 1. The topological polar surface area (TPSA) is 42.9 Å². The summed E-state index contributed by atoms with van der Waals surface area (Å²) in [6.45, 7) is 1.98. The van der Waals surface area contributed by atoms with E-state index < -0.39 is 0 Å². The van der Waals surface area contributed by atoms with E-state index in [1.54, 1.807) is 6.07 Å². The molecule has 58 valence electrons. The highest BCUT2D eigenvalue weighted by Crippen LogP contribution is 2.01. The molecule has 11 heavy (non-hydrogen) atoms. The Hall–Kier alpha value is -1.25. The van der Waals surface area contributed by atoms with Crippen LogP contribution in [0.4, 0.5) is 0 Å². The Morgan fingerprint density at radius 3 is 2.91 bits per heavy atom. The molecule has 0 saturated carbocycles. The van der Waals surface area contributed by atoms with Gasteiger partial charge in [0, 0.05) is 12.0 Å². The van der Waals surface area contributed by atoms with E-state index in [0.29, 0.717) is 12.0 Å². The summed E-state index contributed by atoms with van der Waals surface area (Å²) in [5.74, 6) is 0.141. The Bertz CT molecular complexity index is 233. The van der Waals surface area contributed by atoms with Crippen LogP contribution in [0, 0.1) is 0 Å². The van der Waals surface area contributed by atoms with Gasteiger partial charge in [0.25, 0.3) is 0 Å². The van der Waals surface area contributed by atoms with Gasteiger partial charge in [-0.15, -0.1) is 0 Å². The Morgan fingerprint density at radius 1 is 1.55 bits per heavy atom. The SMILES string of the molecule is CCCC(=O)c1ccnnc1.